The summed E-state index contributed by atoms with van der Waals surface area (Å²) in [7, 11) is -0.482. The zero-order valence-corrected chi connectivity index (χ0v) is 14.0. The van der Waals surface area contributed by atoms with E-state index in [9.17, 15) is 13.5 Å². The van der Waals surface area contributed by atoms with Crippen LogP contribution >= 0.6 is 0 Å². The van der Waals surface area contributed by atoms with Gasteiger partial charge in [0.1, 0.15) is 0 Å². The molecular weight excluding hydrogens is 279 g/mol. The van der Waals surface area contributed by atoms with Crippen LogP contribution in [0.4, 0.5) is 5.69 Å². The van der Waals surface area contributed by atoms with Crippen molar-refractivity contribution in [2.45, 2.75) is 11.8 Å². The number of benzene rings is 1. The van der Waals surface area contributed by atoms with Crippen molar-refractivity contribution in [2.24, 2.45) is 14.7 Å². The third kappa shape index (κ3) is 6.15. The third-order valence-electron chi connectivity index (χ3n) is 1.72. The van der Waals surface area contributed by atoms with Crippen LogP contribution < -0.4 is 34.7 Å². The van der Waals surface area contributed by atoms with Gasteiger partial charge < -0.3 is 5.11 Å². The quantitative estimate of drug-likeness (QED) is 0.205. The van der Waals surface area contributed by atoms with Crippen molar-refractivity contribution >= 4 is 21.6 Å². The Bertz CT molecular complexity index is 563. The van der Waals surface area contributed by atoms with Crippen molar-refractivity contribution in [1.29, 1.82) is 0 Å². The second-order valence-corrected chi connectivity index (χ2v) is 5.22. The molecule has 1 aromatic rings. The maximum atomic E-state index is 11.6. The molecule has 19 heavy (non-hydrogen) atoms. The van der Waals surface area contributed by atoms with Crippen LogP contribution in [0.5, 0.6) is 0 Å². The molecule has 0 unspecified atom stereocenters. The Balaban J connectivity index is 0.00000324. The summed E-state index contributed by atoms with van der Waals surface area (Å²) in [6.07, 6.45) is 0. The fraction of sp³-hybridized carbons (Fsp3) is 0.300. The van der Waals surface area contributed by atoms with Gasteiger partial charge in [-0.2, -0.15) is 12.8 Å². The fourth-order valence-corrected chi connectivity index (χ4v) is 1.97. The van der Waals surface area contributed by atoms with Crippen molar-refractivity contribution in [3.63, 3.8) is 0 Å². The zero-order chi connectivity index (χ0) is 13.8. The van der Waals surface area contributed by atoms with Crippen LogP contribution in [0.3, 0.4) is 0 Å². The molecular formula is C10H13N4NaO3S. The Morgan fingerprint density at radius 1 is 1.21 bits per heavy atom. The number of hydrogen-bond acceptors (Lipinski definition) is 5. The molecule has 9 heteroatoms. The zero-order valence-electron chi connectivity index (χ0n) is 11.2. The average Bonchev–Trinajstić information content (AvgIpc) is 2.25. The van der Waals surface area contributed by atoms with E-state index in [4.69, 9.17) is 0 Å². The largest absolute Gasteiger partial charge is 1.00 e. The SMILES string of the molecule is C/C([O-])=N\S(=O)(=O)c1ccc(N=NN(C)C)cc1.[Na+]. The van der Waals surface area contributed by atoms with Crippen molar-refractivity contribution in [3.05, 3.63) is 24.3 Å². The molecule has 0 bridgehead atoms. The van der Waals surface area contributed by atoms with Gasteiger partial charge in [-0.25, -0.2) is 0 Å². The summed E-state index contributed by atoms with van der Waals surface area (Å²) in [5, 5.41) is 19.8. The molecule has 7 nitrogen and oxygen atoms in total. The van der Waals surface area contributed by atoms with E-state index >= 15 is 0 Å². The van der Waals surface area contributed by atoms with Crippen LogP contribution in [0.15, 0.2) is 43.9 Å². The summed E-state index contributed by atoms with van der Waals surface area (Å²) in [6, 6.07) is 5.61. The molecule has 0 atom stereocenters. The molecule has 0 saturated heterocycles. The van der Waals surface area contributed by atoms with Crippen LogP contribution in [-0.2, 0) is 10.0 Å². The topological polar surface area (TPSA) is 97.5 Å². The van der Waals surface area contributed by atoms with Gasteiger partial charge in [0.05, 0.1) is 10.6 Å². The molecule has 0 aliphatic carbocycles. The summed E-state index contributed by atoms with van der Waals surface area (Å²) in [4.78, 5) is -0.0542. The Labute approximate surface area is 134 Å². The van der Waals surface area contributed by atoms with Crippen molar-refractivity contribution < 1.29 is 43.1 Å². The minimum absolute atomic E-state index is 0. The molecule has 0 saturated carbocycles. The van der Waals surface area contributed by atoms with Crippen LogP contribution in [0.1, 0.15) is 6.92 Å². The molecule has 0 aliphatic rings. The van der Waals surface area contributed by atoms with Gasteiger partial charge in [0.2, 0.25) is 0 Å². The van der Waals surface area contributed by atoms with Crippen LogP contribution in [0, 0.1) is 0 Å². The summed E-state index contributed by atoms with van der Waals surface area (Å²) in [5.74, 6) is -0.758. The van der Waals surface area contributed by atoms with Crippen molar-refractivity contribution in [3.8, 4) is 0 Å². The molecule has 0 amide bonds. The van der Waals surface area contributed by atoms with Gasteiger partial charge in [-0.1, -0.05) is 5.22 Å². The minimum atomic E-state index is -3.91. The molecule has 0 radical (unpaired) electrons. The van der Waals surface area contributed by atoms with Gasteiger partial charge in [0, 0.05) is 14.1 Å². The summed E-state index contributed by atoms with van der Waals surface area (Å²) in [5.41, 5.74) is 0.505. The van der Waals surface area contributed by atoms with Gasteiger partial charge in [-0.05, 0) is 37.1 Å². The van der Waals surface area contributed by atoms with E-state index in [0.29, 0.717) is 5.69 Å². The summed E-state index contributed by atoms with van der Waals surface area (Å²) < 4.78 is 26.2. The summed E-state index contributed by atoms with van der Waals surface area (Å²) >= 11 is 0. The molecule has 1 aromatic carbocycles. The average molecular weight is 292 g/mol. The van der Waals surface area contributed by atoms with Crippen LogP contribution in [0.2, 0.25) is 0 Å². The molecule has 1 rings (SSSR count). The van der Waals surface area contributed by atoms with Crippen molar-refractivity contribution in [2.75, 3.05) is 14.1 Å². The van der Waals surface area contributed by atoms with Gasteiger partial charge in [0.15, 0.2) is 0 Å². The second-order valence-electron chi connectivity index (χ2n) is 3.62. The van der Waals surface area contributed by atoms with Crippen molar-refractivity contribution in [1.82, 2.24) is 5.01 Å². The number of sulfonamides is 1. The molecule has 0 N–H and O–H groups in total. The van der Waals surface area contributed by atoms with E-state index in [2.05, 4.69) is 14.7 Å². The van der Waals surface area contributed by atoms with Gasteiger partial charge in [0.25, 0.3) is 10.0 Å². The Hall–Kier alpha value is -0.960. The van der Waals surface area contributed by atoms with E-state index in [0.717, 1.165) is 6.92 Å². The Morgan fingerprint density at radius 2 is 1.74 bits per heavy atom. The van der Waals surface area contributed by atoms with Crippen LogP contribution in [0.25, 0.3) is 0 Å². The van der Waals surface area contributed by atoms with E-state index in [-0.39, 0.29) is 34.5 Å². The fourth-order valence-electron chi connectivity index (χ4n) is 1.05. The van der Waals surface area contributed by atoms with Gasteiger partial charge >= 0.3 is 29.6 Å². The smallest absolute Gasteiger partial charge is 0.861 e. The number of nitrogens with zero attached hydrogens (tertiary/aromatic N) is 4. The van der Waals surface area contributed by atoms with E-state index < -0.39 is 15.9 Å². The first-order chi connectivity index (χ1) is 8.31. The first kappa shape index (κ1) is 18.0. The molecule has 0 spiro atoms. The second kappa shape index (κ2) is 7.59. The van der Waals surface area contributed by atoms with E-state index in [1.165, 1.54) is 29.3 Å². The Morgan fingerprint density at radius 3 is 2.16 bits per heavy atom. The molecule has 98 valence electrons. The maximum absolute atomic E-state index is 11.6. The van der Waals surface area contributed by atoms with E-state index in [1.54, 1.807) is 14.1 Å². The normalized spacial score (nSPS) is 12.3. The third-order valence-corrected chi connectivity index (χ3v) is 3.09. The standard InChI is InChI=1S/C10H14N4O3S.Na/c1-8(15)12-18(16,17)10-6-4-9(5-7-10)11-13-14(2)3;/h4-7H,1-3H3,(H,12,15);/q;+1/p-1. The Kier molecular flexibility index (Phi) is 7.20. The predicted molar refractivity (Wildman–Crippen MR) is 64.9 cm³/mol. The predicted octanol–water partition coefficient (Wildman–Crippen LogP) is -2.28. The number of rotatable bonds is 4. The van der Waals surface area contributed by atoms with Crippen LogP contribution in [-0.4, -0.2) is 33.4 Å². The molecule has 0 aliphatic heterocycles. The number of hydrogen-bond donors (Lipinski definition) is 0. The van der Waals surface area contributed by atoms with Gasteiger partial charge in [-0.3, -0.25) is 5.01 Å². The first-order valence-electron chi connectivity index (χ1n) is 4.99. The maximum Gasteiger partial charge on any atom is 1.00 e. The van der Waals surface area contributed by atoms with Gasteiger partial charge in [-0.15, -0.1) is 5.11 Å². The monoisotopic (exact) mass is 292 g/mol. The first-order valence-corrected chi connectivity index (χ1v) is 6.43. The summed E-state index contributed by atoms with van der Waals surface area (Å²) in [6.45, 7) is 1.08. The van der Waals surface area contributed by atoms with E-state index in [1.807, 2.05) is 0 Å². The molecule has 0 heterocycles. The molecule has 0 aromatic heterocycles. The minimum Gasteiger partial charge on any atom is -0.861 e. The molecule has 0 fully saturated rings.